The fourth-order valence-electron chi connectivity index (χ4n) is 6.01. The molecule has 1 aliphatic carbocycles. The summed E-state index contributed by atoms with van der Waals surface area (Å²) in [6.45, 7) is 7.09. The Morgan fingerprint density at radius 3 is 2.70 bits per heavy atom. The number of carbonyl (C=O) groups is 1. The van der Waals surface area contributed by atoms with Gasteiger partial charge in [-0.1, -0.05) is 12.8 Å². The van der Waals surface area contributed by atoms with E-state index in [2.05, 4.69) is 35.7 Å². The quantitative estimate of drug-likeness (QED) is 0.295. The molecule has 0 atom stereocenters. The summed E-state index contributed by atoms with van der Waals surface area (Å²) in [6.07, 6.45) is 8.45. The zero-order valence-corrected chi connectivity index (χ0v) is 22.8. The largest absolute Gasteiger partial charge is 0.474 e. The lowest BCUT2D eigenvalue weighted by atomic mass is 10.1. The van der Waals surface area contributed by atoms with Crippen LogP contribution in [0.1, 0.15) is 41.6 Å². The molecule has 2 aromatic heterocycles. The molecule has 2 fully saturated rings. The van der Waals surface area contributed by atoms with Crippen molar-refractivity contribution in [1.82, 2.24) is 14.9 Å². The second kappa shape index (κ2) is 11.1. The van der Waals surface area contributed by atoms with Crippen molar-refractivity contribution in [2.75, 3.05) is 65.9 Å². The first kappa shape index (κ1) is 26.0. The molecule has 1 amide bonds. The Balaban J connectivity index is 1.16. The van der Waals surface area contributed by atoms with Gasteiger partial charge < -0.3 is 36.3 Å². The van der Waals surface area contributed by atoms with Crippen LogP contribution < -0.4 is 36.9 Å². The van der Waals surface area contributed by atoms with Crippen LogP contribution in [0.4, 0.5) is 34.1 Å². The molecule has 1 saturated heterocycles. The summed E-state index contributed by atoms with van der Waals surface area (Å²) < 4.78 is 5.60. The molecule has 0 bridgehead atoms. The minimum atomic E-state index is -0.535. The van der Waals surface area contributed by atoms with E-state index in [-0.39, 0.29) is 5.56 Å². The minimum absolute atomic E-state index is 0.0329. The van der Waals surface area contributed by atoms with Gasteiger partial charge in [0.05, 0.1) is 28.9 Å². The standard InChI is InChI=1S/C29H36N8O3/c1-18-23(17-33-29-26(18)31-10-15-40-29)35-22-8-9-32-27(38)25(22)28(39)34-19-6-7-24(21(30)16-19)37-13-11-36(12-14-37)20-4-2-3-5-20/h6-9,16-17,20,31H,2-5,10-15,30H2,1H3,(H,34,39)(H2,32,35,38). The predicted molar refractivity (Wildman–Crippen MR) is 158 cm³/mol. The average molecular weight is 545 g/mol. The van der Waals surface area contributed by atoms with E-state index in [4.69, 9.17) is 10.5 Å². The second-order valence-corrected chi connectivity index (χ2v) is 10.7. The molecule has 6 rings (SSSR count). The molecule has 1 saturated carbocycles. The summed E-state index contributed by atoms with van der Waals surface area (Å²) in [5.74, 6) is 0.00149. The number of amides is 1. The van der Waals surface area contributed by atoms with Gasteiger partial charge in [0.1, 0.15) is 17.9 Å². The third-order valence-electron chi connectivity index (χ3n) is 8.19. The molecule has 0 unspecified atom stereocenters. The molecular formula is C29H36N8O3. The molecule has 210 valence electrons. The number of fused-ring (bicyclic) bond motifs is 1. The molecule has 6 N–H and O–H groups in total. The number of carbonyl (C=O) groups excluding carboxylic acids is 1. The number of nitrogen functional groups attached to an aromatic ring is 1. The van der Waals surface area contributed by atoms with Crippen molar-refractivity contribution in [3.63, 3.8) is 0 Å². The summed E-state index contributed by atoms with van der Waals surface area (Å²) in [6, 6.07) is 7.92. The number of piperazine rings is 1. The van der Waals surface area contributed by atoms with Crippen LogP contribution in [0.2, 0.25) is 0 Å². The van der Waals surface area contributed by atoms with Gasteiger partial charge in [-0.15, -0.1) is 0 Å². The Kier molecular flexibility index (Phi) is 7.21. The number of hydrogen-bond donors (Lipinski definition) is 5. The van der Waals surface area contributed by atoms with E-state index in [1.807, 2.05) is 19.1 Å². The number of benzene rings is 1. The van der Waals surface area contributed by atoms with Crippen molar-refractivity contribution in [3.05, 3.63) is 58.1 Å². The zero-order valence-electron chi connectivity index (χ0n) is 22.8. The first-order valence-corrected chi connectivity index (χ1v) is 14.0. The van der Waals surface area contributed by atoms with Crippen molar-refractivity contribution < 1.29 is 9.53 Å². The maximum Gasteiger partial charge on any atom is 0.263 e. The van der Waals surface area contributed by atoms with Gasteiger partial charge in [-0.3, -0.25) is 14.5 Å². The van der Waals surface area contributed by atoms with E-state index in [1.165, 1.54) is 31.9 Å². The highest BCUT2D eigenvalue weighted by atomic mass is 16.5. The normalized spacial score (nSPS) is 17.6. The van der Waals surface area contributed by atoms with Crippen molar-refractivity contribution >= 4 is 40.0 Å². The van der Waals surface area contributed by atoms with Gasteiger partial charge in [-0.05, 0) is 44.0 Å². The summed E-state index contributed by atoms with van der Waals surface area (Å²) in [5, 5.41) is 9.36. The van der Waals surface area contributed by atoms with E-state index in [1.54, 1.807) is 18.3 Å². The number of H-pyrrole nitrogens is 1. The number of aromatic nitrogens is 2. The SMILES string of the molecule is Cc1c(Nc2cc[nH]c(=O)c2C(=O)Nc2ccc(N3CCN(C4CCCC4)CC3)c(N)c2)cnc2c1NCCO2. The first-order valence-electron chi connectivity index (χ1n) is 14.0. The van der Waals surface area contributed by atoms with Gasteiger partial charge in [0.2, 0.25) is 5.88 Å². The first-order chi connectivity index (χ1) is 19.5. The van der Waals surface area contributed by atoms with E-state index >= 15 is 0 Å². The van der Waals surface area contributed by atoms with E-state index < -0.39 is 11.5 Å². The van der Waals surface area contributed by atoms with Crippen molar-refractivity contribution in [2.45, 2.75) is 38.6 Å². The number of nitrogens with two attached hydrogens (primary N) is 1. The molecular weight excluding hydrogens is 508 g/mol. The third-order valence-corrected chi connectivity index (χ3v) is 8.19. The van der Waals surface area contributed by atoms with Crippen LogP contribution in [-0.4, -0.2) is 66.1 Å². The van der Waals surface area contributed by atoms with Crippen LogP contribution in [-0.2, 0) is 0 Å². The van der Waals surface area contributed by atoms with Crippen LogP contribution in [0.3, 0.4) is 0 Å². The van der Waals surface area contributed by atoms with Gasteiger partial charge in [0.25, 0.3) is 11.5 Å². The lowest BCUT2D eigenvalue weighted by Crippen LogP contribution is -2.49. The Labute approximate surface area is 233 Å². The van der Waals surface area contributed by atoms with Crippen molar-refractivity contribution in [3.8, 4) is 5.88 Å². The van der Waals surface area contributed by atoms with E-state index in [0.29, 0.717) is 41.8 Å². The predicted octanol–water partition coefficient (Wildman–Crippen LogP) is 3.53. The molecule has 3 aromatic rings. The smallest absolute Gasteiger partial charge is 0.263 e. The molecule has 2 aliphatic heterocycles. The number of ether oxygens (including phenoxy) is 1. The third kappa shape index (κ3) is 5.16. The lowest BCUT2D eigenvalue weighted by molar-refractivity contribution is 0.102. The van der Waals surface area contributed by atoms with Crippen LogP contribution in [0.5, 0.6) is 5.88 Å². The Morgan fingerprint density at radius 1 is 1.12 bits per heavy atom. The van der Waals surface area contributed by atoms with Gasteiger partial charge in [0.15, 0.2) is 0 Å². The highest BCUT2D eigenvalue weighted by molar-refractivity contribution is 6.08. The molecule has 1 aromatic carbocycles. The average Bonchev–Trinajstić information content (AvgIpc) is 3.50. The number of rotatable bonds is 6. The molecule has 40 heavy (non-hydrogen) atoms. The Morgan fingerprint density at radius 2 is 1.93 bits per heavy atom. The minimum Gasteiger partial charge on any atom is -0.474 e. The molecule has 0 spiro atoms. The highest BCUT2D eigenvalue weighted by Crippen LogP contribution is 2.35. The summed E-state index contributed by atoms with van der Waals surface area (Å²) in [4.78, 5) is 38.0. The number of aromatic amines is 1. The Hall–Kier alpha value is -4.25. The Bertz CT molecular complexity index is 1460. The molecule has 3 aliphatic rings. The monoisotopic (exact) mass is 544 g/mol. The van der Waals surface area contributed by atoms with Gasteiger partial charge in [0, 0.05) is 56.2 Å². The van der Waals surface area contributed by atoms with Crippen LogP contribution in [0, 0.1) is 6.92 Å². The fraction of sp³-hybridized carbons (Fsp3) is 0.414. The maximum atomic E-state index is 13.3. The topological polar surface area (TPSA) is 141 Å². The number of nitrogens with one attached hydrogen (secondary N) is 4. The van der Waals surface area contributed by atoms with Gasteiger partial charge in [-0.25, -0.2) is 4.98 Å². The molecule has 4 heterocycles. The van der Waals surface area contributed by atoms with Crippen LogP contribution in [0.25, 0.3) is 0 Å². The number of nitrogens with zero attached hydrogens (tertiary/aromatic N) is 3. The highest BCUT2D eigenvalue weighted by Gasteiger charge is 2.27. The van der Waals surface area contributed by atoms with Crippen LogP contribution in [0.15, 0.2) is 41.5 Å². The van der Waals surface area contributed by atoms with Crippen LogP contribution >= 0.6 is 0 Å². The van der Waals surface area contributed by atoms with Gasteiger partial charge in [-0.2, -0.15) is 0 Å². The molecule has 11 nitrogen and oxygen atoms in total. The zero-order chi connectivity index (χ0) is 27.6. The summed E-state index contributed by atoms with van der Waals surface area (Å²) in [5.41, 5.74) is 10.7. The van der Waals surface area contributed by atoms with Crippen molar-refractivity contribution in [2.24, 2.45) is 0 Å². The summed E-state index contributed by atoms with van der Waals surface area (Å²) >= 11 is 0. The van der Waals surface area contributed by atoms with E-state index in [0.717, 1.165) is 49.2 Å². The number of anilines is 6. The van der Waals surface area contributed by atoms with E-state index in [9.17, 15) is 9.59 Å². The number of pyridine rings is 2. The fourth-order valence-corrected chi connectivity index (χ4v) is 6.01. The van der Waals surface area contributed by atoms with Gasteiger partial charge >= 0.3 is 0 Å². The maximum absolute atomic E-state index is 13.3. The molecule has 0 radical (unpaired) electrons. The second-order valence-electron chi connectivity index (χ2n) is 10.7. The lowest BCUT2D eigenvalue weighted by Gasteiger charge is -2.39. The summed E-state index contributed by atoms with van der Waals surface area (Å²) in [7, 11) is 0. The number of hydrogen-bond acceptors (Lipinski definition) is 9. The van der Waals surface area contributed by atoms with Crippen molar-refractivity contribution in [1.29, 1.82) is 0 Å². The molecule has 11 heteroatoms.